The fourth-order valence-electron chi connectivity index (χ4n) is 3.34. The predicted molar refractivity (Wildman–Crippen MR) is 117 cm³/mol. The Morgan fingerprint density at radius 2 is 1.81 bits per heavy atom. The molecule has 0 radical (unpaired) electrons. The number of ether oxygens (including phenoxy) is 1. The smallest absolute Gasteiger partial charge is 0.260 e. The zero-order valence-corrected chi connectivity index (χ0v) is 17.3. The van der Waals surface area contributed by atoms with Crippen molar-refractivity contribution in [3.8, 4) is 11.8 Å². The Hall–Kier alpha value is -4.12. The molecular weight excluding hydrogens is 411 g/mol. The third-order valence-corrected chi connectivity index (χ3v) is 5.05. The molecule has 3 aromatic rings. The first-order chi connectivity index (χ1) is 15.6. The molecule has 0 spiro atoms. The van der Waals surface area contributed by atoms with E-state index in [2.05, 4.69) is 11.1 Å². The van der Waals surface area contributed by atoms with Gasteiger partial charge in [-0.15, -0.1) is 0 Å². The second-order valence-electron chi connectivity index (χ2n) is 7.17. The van der Waals surface area contributed by atoms with Crippen LogP contribution in [-0.2, 0) is 4.79 Å². The second kappa shape index (κ2) is 9.79. The van der Waals surface area contributed by atoms with Crippen LogP contribution in [0.5, 0.6) is 5.75 Å². The van der Waals surface area contributed by atoms with Crippen LogP contribution >= 0.6 is 0 Å². The zero-order valence-electron chi connectivity index (χ0n) is 17.3. The van der Waals surface area contributed by atoms with Gasteiger partial charge < -0.3 is 19.0 Å². The molecule has 1 fully saturated rings. The number of oxazole rings is 1. The largest absolute Gasteiger partial charge is 0.484 e. The molecular formula is C24H21FN4O3. The molecule has 2 heterocycles. The summed E-state index contributed by atoms with van der Waals surface area (Å²) >= 11 is 0. The van der Waals surface area contributed by atoms with Crippen LogP contribution in [0, 0.1) is 17.1 Å². The lowest BCUT2D eigenvalue weighted by atomic mass is 10.2. The summed E-state index contributed by atoms with van der Waals surface area (Å²) in [5, 5.41) is 9.46. The molecule has 2 aromatic carbocycles. The predicted octanol–water partition coefficient (Wildman–Crippen LogP) is 3.58. The average molecular weight is 432 g/mol. The molecule has 1 amide bonds. The number of rotatable bonds is 6. The van der Waals surface area contributed by atoms with Crippen LogP contribution in [0.25, 0.3) is 12.2 Å². The lowest BCUT2D eigenvalue weighted by Gasteiger charge is -2.34. The molecule has 1 aliphatic heterocycles. The van der Waals surface area contributed by atoms with E-state index in [1.54, 1.807) is 11.0 Å². The Labute approximate surface area is 185 Å². The summed E-state index contributed by atoms with van der Waals surface area (Å²) in [6, 6.07) is 17.3. The SMILES string of the molecule is N#Cc1nc(/C=C/c2ccccc2)oc1N1CCN(C(=O)COc2ccc(F)cc2)CC1. The van der Waals surface area contributed by atoms with Gasteiger partial charge >= 0.3 is 0 Å². The van der Waals surface area contributed by atoms with Gasteiger partial charge in [-0.2, -0.15) is 10.2 Å². The lowest BCUT2D eigenvalue weighted by molar-refractivity contribution is -0.133. The Morgan fingerprint density at radius 3 is 2.50 bits per heavy atom. The lowest BCUT2D eigenvalue weighted by Crippen LogP contribution is -2.50. The maximum absolute atomic E-state index is 13.0. The minimum Gasteiger partial charge on any atom is -0.484 e. The summed E-state index contributed by atoms with van der Waals surface area (Å²) in [4.78, 5) is 20.3. The van der Waals surface area contributed by atoms with Gasteiger partial charge in [-0.3, -0.25) is 4.79 Å². The van der Waals surface area contributed by atoms with E-state index < -0.39 is 0 Å². The summed E-state index contributed by atoms with van der Waals surface area (Å²) in [7, 11) is 0. The Balaban J connectivity index is 1.34. The molecule has 1 aromatic heterocycles. The van der Waals surface area contributed by atoms with Crippen molar-refractivity contribution in [3.63, 3.8) is 0 Å². The van der Waals surface area contributed by atoms with Gasteiger partial charge in [0.1, 0.15) is 17.6 Å². The van der Waals surface area contributed by atoms with E-state index in [0.717, 1.165) is 5.56 Å². The number of benzene rings is 2. The van der Waals surface area contributed by atoms with Crippen LogP contribution in [0.4, 0.5) is 10.3 Å². The minimum atomic E-state index is -0.359. The summed E-state index contributed by atoms with van der Waals surface area (Å²) < 4.78 is 24.2. The number of anilines is 1. The number of nitriles is 1. The van der Waals surface area contributed by atoms with Crippen LogP contribution in [0.2, 0.25) is 0 Å². The van der Waals surface area contributed by atoms with E-state index in [1.165, 1.54) is 24.3 Å². The van der Waals surface area contributed by atoms with Gasteiger partial charge in [0.15, 0.2) is 6.61 Å². The molecule has 8 heteroatoms. The molecule has 7 nitrogen and oxygen atoms in total. The molecule has 4 rings (SSSR count). The standard InChI is InChI=1S/C24H21FN4O3/c25-19-7-9-20(10-8-19)31-17-23(30)28-12-14-29(15-13-28)24-21(16-26)27-22(32-24)11-6-18-4-2-1-3-5-18/h1-11H,12-15,17H2/b11-6+. The van der Waals surface area contributed by atoms with E-state index in [-0.39, 0.29) is 24.0 Å². The number of aromatic nitrogens is 1. The highest BCUT2D eigenvalue weighted by atomic mass is 19.1. The third-order valence-electron chi connectivity index (χ3n) is 5.05. The first kappa shape index (κ1) is 21.1. The highest BCUT2D eigenvalue weighted by molar-refractivity contribution is 5.78. The van der Waals surface area contributed by atoms with Crippen molar-refractivity contribution >= 4 is 23.9 Å². The number of hydrogen-bond acceptors (Lipinski definition) is 6. The monoisotopic (exact) mass is 432 g/mol. The normalized spacial score (nSPS) is 13.9. The molecule has 1 aliphatic rings. The number of hydrogen-bond donors (Lipinski definition) is 0. The highest BCUT2D eigenvalue weighted by Crippen LogP contribution is 2.24. The first-order valence-electron chi connectivity index (χ1n) is 10.2. The van der Waals surface area contributed by atoms with E-state index in [0.29, 0.717) is 43.7 Å². The van der Waals surface area contributed by atoms with Crippen molar-refractivity contribution in [2.75, 3.05) is 37.7 Å². The van der Waals surface area contributed by atoms with Crippen molar-refractivity contribution in [3.05, 3.63) is 77.6 Å². The van der Waals surface area contributed by atoms with Gasteiger partial charge in [0.2, 0.25) is 17.5 Å². The fourth-order valence-corrected chi connectivity index (χ4v) is 3.34. The van der Waals surface area contributed by atoms with Crippen molar-refractivity contribution in [1.29, 1.82) is 5.26 Å². The van der Waals surface area contributed by atoms with Gasteiger partial charge in [-0.1, -0.05) is 30.3 Å². The molecule has 0 N–H and O–H groups in total. The van der Waals surface area contributed by atoms with E-state index in [4.69, 9.17) is 9.15 Å². The van der Waals surface area contributed by atoms with Gasteiger partial charge in [0.05, 0.1) is 0 Å². The number of piperazine rings is 1. The van der Waals surface area contributed by atoms with E-state index in [1.807, 2.05) is 41.3 Å². The third kappa shape index (κ3) is 5.13. The van der Waals surface area contributed by atoms with Crippen LogP contribution in [0.1, 0.15) is 17.1 Å². The Kier molecular flexibility index (Phi) is 6.46. The molecule has 0 aliphatic carbocycles. The number of carbonyl (C=O) groups excluding carboxylic acids is 1. The van der Waals surface area contributed by atoms with Crippen LogP contribution in [-0.4, -0.2) is 48.6 Å². The summed E-state index contributed by atoms with van der Waals surface area (Å²) in [5.41, 5.74) is 1.22. The summed E-state index contributed by atoms with van der Waals surface area (Å²) in [5.74, 6) is 0.692. The van der Waals surface area contributed by atoms with Crippen molar-refractivity contribution in [2.45, 2.75) is 0 Å². The minimum absolute atomic E-state index is 0.119. The molecule has 162 valence electrons. The number of carbonyl (C=O) groups is 1. The topological polar surface area (TPSA) is 82.6 Å². The summed E-state index contributed by atoms with van der Waals surface area (Å²) in [6.45, 7) is 1.83. The highest BCUT2D eigenvalue weighted by Gasteiger charge is 2.26. The Bertz CT molecular complexity index is 1130. The zero-order chi connectivity index (χ0) is 22.3. The summed E-state index contributed by atoms with van der Waals surface area (Å²) in [6.07, 6.45) is 3.60. The number of halogens is 1. The van der Waals surface area contributed by atoms with Crippen molar-refractivity contribution in [1.82, 2.24) is 9.88 Å². The van der Waals surface area contributed by atoms with Gasteiger partial charge in [-0.25, -0.2) is 4.39 Å². The molecule has 32 heavy (non-hydrogen) atoms. The van der Waals surface area contributed by atoms with E-state index >= 15 is 0 Å². The van der Waals surface area contributed by atoms with Crippen LogP contribution in [0.15, 0.2) is 59.0 Å². The molecule has 1 saturated heterocycles. The maximum Gasteiger partial charge on any atom is 0.260 e. The van der Waals surface area contributed by atoms with Gasteiger partial charge in [0.25, 0.3) is 5.91 Å². The maximum atomic E-state index is 13.0. The average Bonchev–Trinajstić information content (AvgIpc) is 3.26. The second-order valence-corrected chi connectivity index (χ2v) is 7.17. The quantitative estimate of drug-likeness (QED) is 0.592. The molecule has 0 unspecified atom stereocenters. The van der Waals surface area contributed by atoms with Crippen molar-refractivity contribution in [2.24, 2.45) is 0 Å². The van der Waals surface area contributed by atoms with Gasteiger partial charge in [-0.05, 0) is 35.9 Å². The molecule has 0 atom stereocenters. The van der Waals surface area contributed by atoms with Crippen molar-refractivity contribution < 1.29 is 18.3 Å². The number of nitrogens with zero attached hydrogens (tertiary/aromatic N) is 4. The number of amides is 1. The fraction of sp³-hybridized carbons (Fsp3) is 0.208. The Morgan fingerprint density at radius 1 is 1.09 bits per heavy atom. The molecule has 0 bridgehead atoms. The van der Waals surface area contributed by atoms with Gasteiger partial charge in [0, 0.05) is 32.3 Å². The van der Waals surface area contributed by atoms with Crippen LogP contribution < -0.4 is 9.64 Å². The molecule has 0 saturated carbocycles. The first-order valence-corrected chi connectivity index (χ1v) is 10.2. The van der Waals surface area contributed by atoms with Crippen LogP contribution in [0.3, 0.4) is 0 Å². The van der Waals surface area contributed by atoms with E-state index in [9.17, 15) is 14.4 Å².